The molecule has 1 amide bonds. The molecule has 3 rings (SSSR count). The van der Waals surface area contributed by atoms with Gasteiger partial charge in [0.05, 0.1) is 6.04 Å². The van der Waals surface area contributed by atoms with Crippen molar-refractivity contribution in [3.05, 3.63) is 29.6 Å². The molecule has 1 saturated carbocycles. The Labute approximate surface area is 116 Å². The van der Waals surface area contributed by atoms with Crippen molar-refractivity contribution in [2.75, 3.05) is 6.61 Å². The predicted molar refractivity (Wildman–Crippen MR) is 69.0 cm³/mol. The molecule has 0 aromatic carbocycles. The van der Waals surface area contributed by atoms with Crippen molar-refractivity contribution in [1.82, 2.24) is 9.88 Å². The fraction of sp³-hybridized carbons (Fsp3) is 0.500. The maximum atomic E-state index is 12.1. The minimum absolute atomic E-state index is 0.138. The maximum Gasteiger partial charge on any atom is 0.335 e. The summed E-state index contributed by atoms with van der Waals surface area (Å²) in [6.07, 6.45) is 2.45. The number of carboxylic acids is 1. The Morgan fingerprint density at radius 1 is 1.45 bits per heavy atom. The molecule has 2 aliphatic rings. The van der Waals surface area contributed by atoms with E-state index in [0.717, 1.165) is 18.5 Å². The first-order chi connectivity index (χ1) is 9.58. The van der Waals surface area contributed by atoms with Gasteiger partial charge in [-0.15, -0.1) is 0 Å². The van der Waals surface area contributed by atoms with Gasteiger partial charge in [-0.2, -0.15) is 0 Å². The Bertz CT molecular complexity index is 539. The van der Waals surface area contributed by atoms with Crippen molar-refractivity contribution < 1.29 is 19.4 Å². The zero-order chi connectivity index (χ0) is 14.3. The first kappa shape index (κ1) is 13.1. The summed E-state index contributed by atoms with van der Waals surface area (Å²) in [7, 11) is 0. The van der Waals surface area contributed by atoms with Gasteiger partial charge < -0.3 is 14.7 Å². The number of hydrogen-bond acceptors (Lipinski definition) is 4. The molecule has 1 N–H and O–H groups in total. The van der Waals surface area contributed by atoms with Crippen LogP contribution in [0.3, 0.4) is 0 Å². The highest BCUT2D eigenvalue weighted by Crippen LogP contribution is 2.39. The largest absolute Gasteiger partial charge is 0.479 e. The molecule has 0 spiro atoms. The van der Waals surface area contributed by atoms with Gasteiger partial charge in [0.2, 0.25) is 5.91 Å². The summed E-state index contributed by atoms with van der Waals surface area (Å²) in [5, 5.41) is 9.35. The van der Waals surface area contributed by atoms with Gasteiger partial charge in [0.1, 0.15) is 6.61 Å². The number of ether oxygens (including phenoxy) is 1. The molecule has 2 atom stereocenters. The van der Waals surface area contributed by atoms with E-state index in [4.69, 9.17) is 4.74 Å². The van der Waals surface area contributed by atoms with Gasteiger partial charge >= 0.3 is 5.97 Å². The van der Waals surface area contributed by atoms with Crippen molar-refractivity contribution in [2.24, 2.45) is 0 Å². The lowest BCUT2D eigenvalue weighted by Gasteiger charge is -2.39. The number of amides is 1. The third-order valence-electron chi connectivity index (χ3n) is 3.72. The van der Waals surface area contributed by atoms with Crippen molar-refractivity contribution in [2.45, 2.75) is 38.0 Å². The van der Waals surface area contributed by atoms with E-state index < -0.39 is 18.1 Å². The highest BCUT2D eigenvalue weighted by molar-refractivity contribution is 5.83. The lowest BCUT2D eigenvalue weighted by Crippen LogP contribution is -2.52. The topological polar surface area (TPSA) is 79.7 Å². The summed E-state index contributed by atoms with van der Waals surface area (Å²) in [6.45, 7) is 1.70. The van der Waals surface area contributed by atoms with E-state index in [1.165, 1.54) is 0 Å². The molecular formula is C14H16N2O4. The average molecular weight is 276 g/mol. The molecule has 1 aromatic rings. The maximum absolute atomic E-state index is 12.1. The van der Waals surface area contributed by atoms with E-state index >= 15 is 0 Å². The lowest BCUT2D eigenvalue weighted by molar-refractivity contribution is -0.174. The molecule has 0 radical (unpaired) electrons. The number of carboxylic acid groups (broad SMARTS) is 1. The monoisotopic (exact) mass is 276 g/mol. The van der Waals surface area contributed by atoms with Gasteiger partial charge in [0.15, 0.2) is 6.10 Å². The first-order valence-electron chi connectivity index (χ1n) is 6.66. The van der Waals surface area contributed by atoms with E-state index in [0.29, 0.717) is 5.56 Å². The third-order valence-corrected chi connectivity index (χ3v) is 3.72. The van der Waals surface area contributed by atoms with Crippen LogP contribution in [0.1, 0.15) is 30.1 Å². The van der Waals surface area contributed by atoms with Crippen molar-refractivity contribution in [3.63, 3.8) is 0 Å². The molecule has 1 saturated heterocycles. The van der Waals surface area contributed by atoms with Crippen LogP contribution in [-0.4, -0.2) is 45.6 Å². The number of aromatic nitrogens is 1. The number of morpholine rings is 1. The molecule has 2 fully saturated rings. The molecule has 1 aliphatic carbocycles. The molecule has 6 heteroatoms. The molecule has 106 valence electrons. The number of nitrogens with zero attached hydrogens (tertiary/aromatic N) is 2. The van der Waals surface area contributed by atoms with Crippen LogP contribution in [0.4, 0.5) is 0 Å². The number of aliphatic carboxylic acids is 1. The smallest absolute Gasteiger partial charge is 0.335 e. The van der Waals surface area contributed by atoms with Crippen LogP contribution in [0.15, 0.2) is 18.3 Å². The second-order valence-electron chi connectivity index (χ2n) is 5.28. The molecule has 2 unspecified atom stereocenters. The molecule has 20 heavy (non-hydrogen) atoms. The number of carbonyl (C=O) groups excluding carboxylic acids is 1. The van der Waals surface area contributed by atoms with Gasteiger partial charge in [-0.05, 0) is 31.4 Å². The van der Waals surface area contributed by atoms with Crippen LogP contribution < -0.4 is 0 Å². The number of pyridine rings is 1. The third kappa shape index (κ3) is 2.27. The summed E-state index contributed by atoms with van der Waals surface area (Å²) >= 11 is 0. The van der Waals surface area contributed by atoms with Crippen LogP contribution in [0.2, 0.25) is 0 Å². The fourth-order valence-corrected chi connectivity index (χ4v) is 2.61. The van der Waals surface area contributed by atoms with Crippen LogP contribution in [0, 0.1) is 6.92 Å². The molecule has 0 bridgehead atoms. The van der Waals surface area contributed by atoms with E-state index in [1.54, 1.807) is 11.1 Å². The van der Waals surface area contributed by atoms with E-state index in [-0.39, 0.29) is 18.6 Å². The summed E-state index contributed by atoms with van der Waals surface area (Å²) in [6, 6.07) is 3.19. The summed E-state index contributed by atoms with van der Waals surface area (Å²) < 4.78 is 5.24. The second-order valence-corrected chi connectivity index (χ2v) is 5.28. The SMILES string of the molecule is Cc1ccc(C2C(C(=O)O)OCC(=O)N2C2CC2)cn1. The number of carbonyl (C=O) groups is 2. The van der Waals surface area contributed by atoms with E-state index in [9.17, 15) is 14.7 Å². The zero-order valence-electron chi connectivity index (χ0n) is 11.2. The quantitative estimate of drug-likeness (QED) is 0.887. The van der Waals surface area contributed by atoms with Crippen molar-refractivity contribution in [3.8, 4) is 0 Å². The molecule has 1 aliphatic heterocycles. The molecule has 6 nitrogen and oxygen atoms in total. The highest BCUT2D eigenvalue weighted by atomic mass is 16.5. The highest BCUT2D eigenvalue weighted by Gasteiger charge is 2.47. The molecule has 2 heterocycles. The van der Waals surface area contributed by atoms with Crippen LogP contribution in [-0.2, 0) is 14.3 Å². The molecular weight excluding hydrogens is 260 g/mol. The van der Waals surface area contributed by atoms with Gasteiger partial charge in [-0.1, -0.05) is 6.07 Å². The Balaban J connectivity index is 2.00. The minimum Gasteiger partial charge on any atom is -0.479 e. The number of aryl methyl sites for hydroxylation is 1. The van der Waals surface area contributed by atoms with Gasteiger partial charge in [-0.3, -0.25) is 9.78 Å². The Morgan fingerprint density at radius 3 is 2.75 bits per heavy atom. The van der Waals surface area contributed by atoms with Gasteiger partial charge in [-0.25, -0.2) is 4.79 Å². The molecule has 1 aromatic heterocycles. The zero-order valence-corrected chi connectivity index (χ0v) is 11.2. The van der Waals surface area contributed by atoms with Crippen molar-refractivity contribution in [1.29, 1.82) is 0 Å². The van der Waals surface area contributed by atoms with Crippen LogP contribution in [0.25, 0.3) is 0 Å². The predicted octanol–water partition coefficient (Wildman–Crippen LogP) is 0.906. The standard InChI is InChI=1S/C14H16N2O4/c1-8-2-3-9(6-15-8)12-13(14(18)19)20-7-11(17)16(12)10-4-5-10/h2-3,6,10,12-13H,4-5,7H2,1H3,(H,18,19). The summed E-state index contributed by atoms with van der Waals surface area (Å²) in [4.78, 5) is 29.4. The Hall–Kier alpha value is -1.95. The number of rotatable bonds is 3. The average Bonchev–Trinajstić information content (AvgIpc) is 3.23. The normalized spacial score (nSPS) is 26.6. The lowest BCUT2D eigenvalue weighted by atomic mass is 9.98. The van der Waals surface area contributed by atoms with Crippen molar-refractivity contribution >= 4 is 11.9 Å². The van der Waals surface area contributed by atoms with Gasteiger partial charge in [0.25, 0.3) is 0 Å². The van der Waals surface area contributed by atoms with Crippen LogP contribution >= 0.6 is 0 Å². The Kier molecular flexibility index (Phi) is 3.17. The summed E-state index contributed by atoms with van der Waals surface area (Å²) in [5.74, 6) is -1.19. The van der Waals surface area contributed by atoms with Gasteiger partial charge in [0, 0.05) is 17.9 Å². The fourth-order valence-electron chi connectivity index (χ4n) is 2.61. The first-order valence-corrected chi connectivity index (χ1v) is 6.66. The second kappa shape index (κ2) is 4.86. The van der Waals surface area contributed by atoms with E-state index in [1.807, 2.05) is 19.1 Å². The Morgan fingerprint density at radius 2 is 2.20 bits per heavy atom. The number of hydrogen-bond donors (Lipinski definition) is 1. The minimum atomic E-state index is -1.05. The summed E-state index contributed by atoms with van der Waals surface area (Å²) in [5.41, 5.74) is 1.56. The van der Waals surface area contributed by atoms with Crippen LogP contribution in [0.5, 0.6) is 0 Å². The van der Waals surface area contributed by atoms with E-state index in [2.05, 4.69) is 4.98 Å².